The molecule has 4 heteroatoms. The maximum atomic E-state index is 11.8. The van der Waals surface area contributed by atoms with Gasteiger partial charge in [0.05, 0.1) is 0 Å². The van der Waals surface area contributed by atoms with Crippen molar-refractivity contribution < 1.29 is 9.90 Å². The first kappa shape index (κ1) is 11.1. The smallest absolute Gasteiger partial charge is 0.315 e. The van der Waals surface area contributed by atoms with Crippen molar-refractivity contribution in [3.63, 3.8) is 0 Å². The van der Waals surface area contributed by atoms with E-state index in [2.05, 4.69) is 5.32 Å². The second-order valence-electron chi connectivity index (χ2n) is 4.95. The molecule has 2 aliphatic heterocycles. The van der Waals surface area contributed by atoms with Gasteiger partial charge in [-0.25, -0.2) is 0 Å². The lowest BCUT2D eigenvalue weighted by atomic mass is 9.69. The molecule has 1 aromatic carbocycles. The van der Waals surface area contributed by atoms with Crippen LogP contribution in [-0.2, 0) is 10.2 Å². The summed E-state index contributed by atoms with van der Waals surface area (Å²) >= 11 is 6.18. The summed E-state index contributed by atoms with van der Waals surface area (Å²) in [6, 6.07) is 7.66. The van der Waals surface area contributed by atoms with Crippen molar-refractivity contribution in [2.75, 3.05) is 0 Å². The molecule has 0 aromatic heterocycles. The summed E-state index contributed by atoms with van der Waals surface area (Å²) in [6.45, 7) is 0. The van der Waals surface area contributed by atoms with E-state index in [1.165, 1.54) is 0 Å². The lowest BCUT2D eigenvalue weighted by Crippen LogP contribution is -2.46. The van der Waals surface area contributed by atoms with Gasteiger partial charge in [-0.2, -0.15) is 0 Å². The quantitative estimate of drug-likeness (QED) is 0.847. The number of aliphatic carboxylic acids is 1. The second-order valence-corrected chi connectivity index (χ2v) is 5.36. The van der Waals surface area contributed by atoms with Gasteiger partial charge in [-0.1, -0.05) is 29.8 Å². The maximum Gasteiger partial charge on any atom is 0.315 e. The number of halogens is 1. The fraction of sp³-hybridized carbons (Fsp3) is 0.462. The molecule has 17 heavy (non-hydrogen) atoms. The van der Waals surface area contributed by atoms with Gasteiger partial charge in [0.15, 0.2) is 0 Å². The molecule has 2 N–H and O–H groups in total. The molecule has 3 unspecified atom stereocenters. The van der Waals surface area contributed by atoms with Crippen LogP contribution in [-0.4, -0.2) is 23.2 Å². The third-order valence-electron chi connectivity index (χ3n) is 4.14. The molecule has 1 aromatic rings. The van der Waals surface area contributed by atoms with Crippen molar-refractivity contribution in [3.05, 3.63) is 34.9 Å². The Morgan fingerprint density at radius 2 is 2.18 bits per heavy atom. The van der Waals surface area contributed by atoms with Crippen LogP contribution in [0, 0.1) is 0 Å². The van der Waals surface area contributed by atoms with Crippen LogP contribution in [0.5, 0.6) is 0 Å². The van der Waals surface area contributed by atoms with Crippen molar-refractivity contribution >= 4 is 17.6 Å². The fourth-order valence-corrected chi connectivity index (χ4v) is 3.68. The molecule has 3 rings (SSSR count). The number of carboxylic acid groups (broad SMARTS) is 1. The zero-order valence-electron chi connectivity index (χ0n) is 9.32. The number of nitrogens with one attached hydrogen (secondary N) is 1. The number of benzene rings is 1. The third-order valence-corrected chi connectivity index (χ3v) is 4.47. The molecule has 0 aliphatic carbocycles. The SMILES string of the molecule is O=C(O)C1(c2ccccc2Cl)CC2CCC1N2. The topological polar surface area (TPSA) is 49.3 Å². The fourth-order valence-electron chi connectivity index (χ4n) is 3.37. The van der Waals surface area contributed by atoms with Crippen molar-refractivity contribution in [2.45, 2.75) is 36.8 Å². The normalized spacial score (nSPS) is 35.1. The summed E-state index contributed by atoms with van der Waals surface area (Å²) < 4.78 is 0. The summed E-state index contributed by atoms with van der Waals surface area (Å²) in [7, 11) is 0. The van der Waals surface area contributed by atoms with Gasteiger partial charge < -0.3 is 10.4 Å². The van der Waals surface area contributed by atoms with E-state index < -0.39 is 11.4 Å². The van der Waals surface area contributed by atoms with Crippen molar-refractivity contribution in [1.82, 2.24) is 5.32 Å². The minimum Gasteiger partial charge on any atom is -0.481 e. The minimum absolute atomic E-state index is 0.0184. The van der Waals surface area contributed by atoms with E-state index in [-0.39, 0.29) is 6.04 Å². The highest BCUT2D eigenvalue weighted by Crippen LogP contribution is 2.47. The molecule has 2 heterocycles. The molecular formula is C13H14ClNO2. The monoisotopic (exact) mass is 251 g/mol. The van der Waals surface area contributed by atoms with Crippen LogP contribution < -0.4 is 5.32 Å². The second kappa shape index (κ2) is 3.72. The van der Waals surface area contributed by atoms with E-state index in [1.807, 2.05) is 18.2 Å². The summed E-state index contributed by atoms with van der Waals surface area (Å²) in [5.74, 6) is -0.759. The Balaban J connectivity index is 2.14. The van der Waals surface area contributed by atoms with Crippen LogP contribution >= 0.6 is 11.6 Å². The lowest BCUT2D eigenvalue weighted by Gasteiger charge is -2.33. The van der Waals surface area contributed by atoms with Gasteiger partial charge in [-0.05, 0) is 30.9 Å². The molecule has 2 bridgehead atoms. The highest BCUT2D eigenvalue weighted by Gasteiger charge is 2.57. The van der Waals surface area contributed by atoms with Gasteiger partial charge in [0.2, 0.25) is 0 Å². The van der Waals surface area contributed by atoms with Crippen LogP contribution in [0.3, 0.4) is 0 Å². The van der Waals surface area contributed by atoms with Gasteiger partial charge in [0.1, 0.15) is 5.41 Å². The molecule has 0 saturated carbocycles. The van der Waals surface area contributed by atoms with Gasteiger partial charge in [0, 0.05) is 17.1 Å². The molecule has 2 fully saturated rings. The summed E-state index contributed by atoms with van der Waals surface area (Å²) in [5.41, 5.74) is -0.0739. The third kappa shape index (κ3) is 1.42. The first-order valence-electron chi connectivity index (χ1n) is 5.89. The van der Waals surface area contributed by atoms with Crippen LogP contribution in [0.1, 0.15) is 24.8 Å². The van der Waals surface area contributed by atoms with E-state index in [0.717, 1.165) is 18.4 Å². The summed E-state index contributed by atoms with van der Waals surface area (Å²) in [4.78, 5) is 11.8. The molecular weight excluding hydrogens is 238 g/mol. The van der Waals surface area contributed by atoms with E-state index in [1.54, 1.807) is 6.07 Å². The number of carboxylic acids is 1. The first-order valence-corrected chi connectivity index (χ1v) is 6.27. The Morgan fingerprint density at radius 3 is 2.71 bits per heavy atom. The van der Waals surface area contributed by atoms with Crippen LogP contribution in [0.4, 0.5) is 0 Å². The maximum absolute atomic E-state index is 11.8. The molecule has 3 nitrogen and oxygen atoms in total. The predicted molar refractivity (Wildman–Crippen MR) is 65.3 cm³/mol. The number of hydrogen-bond donors (Lipinski definition) is 2. The summed E-state index contributed by atoms with van der Waals surface area (Å²) in [6.07, 6.45) is 2.64. The lowest BCUT2D eigenvalue weighted by molar-refractivity contribution is -0.144. The molecule has 90 valence electrons. The molecule has 0 amide bonds. The average molecular weight is 252 g/mol. The van der Waals surface area contributed by atoms with E-state index in [9.17, 15) is 9.90 Å². The minimum atomic E-state index is -0.832. The standard InChI is InChI=1S/C13H14ClNO2/c14-10-4-2-1-3-9(10)13(12(16)17)7-8-5-6-11(13)15-8/h1-4,8,11,15H,5-7H2,(H,16,17). The number of fused-ring (bicyclic) bond motifs is 2. The molecule has 2 aliphatic rings. The van der Waals surface area contributed by atoms with Crippen LogP contribution in [0.2, 0.25) is 5.02 Å². The highest BCUT2D eigenvalue weighted by molar-refractivity contribution is 6.31. The van der Waals surface area contributed by atoms with E-state index in [0.29, 0.717) is 17.5 Å². The Morgan fingerprint density at radius 1 is 1.41 bits per heavy atom. The van der Waals surface area contributed by atoms with Crippen LogP contribution in [0.25, 0.3) is 0 Å². The number of carbonyl (C=O) groups is 1. The molecule has 0 radical (unpaired) electrons. The van der Waals surface area contributed by atoms with Crippen molar-refractivity contribution in [2.24, 2.45) is 0 Å². The Kier molecular flexibility index (Phi) is 2.42. The molecule has 3 atom stereocenters. The van der Waals surface area contributed by atoms with Crippen LogP contribution in [0.15, 0.2) is 24.3 Å². The number of hydrogen-bond acceptors (Lipinski definition) is 2. The number of rotatable bonds is 2. The average Bonchev–Trinajstić information content (AvgIpc) is 2.89. The van der Waals surface area contributed by atoms with Gasteiger partial charge in [-0.15, -0.1) is 0 Å². The van der Waals surface area contributed by atoms with Gasteiger partial charge in [-0.3, -0.25) is 4.79 Å². The largest absolute Gasteiger partial charge is 0.481 e. The molecule has 0 spiro atoms. The first-order chi connectivity index (χ1) is 8.14. The Hall–Kier alpha value is -1.06. The Labute approximate surface area is 105 Å². The zero-order valence-corrected chi connectivity index (χ0v) is 10.1. The Bertz CT molecular complexity index is 476. The molecule has 2 saturated heterocycles. The zero-order chi connectivity index (χ0) is 12.0. The van der Waals surface area contributed by atoms with Gasteiger partial charge in [0.25, 0.3) is 0 Å². The van der Waals surface area contributed by atoms with E-state index in [4.69, 9.17) is 11.6 Å². The van der Waals surface area contributed by atoms with Crippen molar-refractivity contribution in [3.8, 4) is 0 Å². The van der Waals surface area contributed by atoms with Crippen molar-refractivity contribution in [1.29, 1.82) is 0 Å². The van der Waals surface area contributed by atoms with Gasteiger partial charge >= 0.3 is 5.97 Å². The predicted octanol–water partition coefficient (Wildman–Crippen LogP) is 2.19. The van der Waals surface area contributed by atoms with E-state index >= 15 is 0 Å². The summed E-state index contributed by atoms with van der Waals surface area (Å²) in [5, 5.41) is 13.6. The highest BCUT2D eigenvalue weighted by atomic mass is 35.5.